The molecule has 8 nitrogen and oxygen atoms in total. The van der Waals surface area contributed by atoms with Crippen molar-refractivity contribution in [3.8, 4) is 17.1 Å². The molecule has 4 heterocycles. The standard InChI is InChI=1S/C22H26N6O2/c1-15(17-12-21(29)24-13-17)30-22-20-6-7-25-28(20)14-19(26-22)16-2-4-18(5-3-16)27-10-8-23-9-11-27/h2-7,14-15,17,23H,8-13H2,1H3,(H,24,29)/t15?,17-/m1/s1. The molecule has 30 heavy (non-hydrogen) atoms. The van der Waals surface area contributed by atoms with Gasteiger partial charge in [-0.1, -0.05) is 12.1 Å². The number of carbonyl (C=O) groups excluding carboxylic acids is 1. The number of fused-ring (bicyclic) bond motifs is 1. The lowest BCUT2D eigenvalue weighted by molar-refractivity contribution is -0.119. The summed E-state index contributed by atoms with van der Waals surface area (Å²) in [4.78, 5) is 18.7. The summed E-state index contributed by atoms with van der Waals surface area (Å²) in [7, 11) is 0. The molecule has 3 aromatic rings. The van der Waals surface area contributed by atoms with E-state index in [2.05, 4.69) is 44.9 Å². The molecule has 2 N–H and O–H groups in total. The highest BCUT2D eigenvalue weighted by atomic mass is 16.5. The van der Waals surface area contributed by atoms with Crippen molar-refractivity contribution in [1.29, 1.82) is 0 Å². The molecule has 0 aliphatic carbocycles. The summed E-state index contributed by atoms with van der Waals surface area (Å²) in [5.41, 5.74) is 3.87. The predicted octanol–water partition coefficient (Wildman–Crippen LogP) is 1.71. The molecule has 0 bridgehead atoms. The molecule has 2 aliphatic rings. The smallest absolute Gasteiger partial charge is 0.240 e. The van der Waals surface area contributed by atoms with Crippen molar-refractivity contribution in [1.82, 2.24) is 25.2 Å². The summed E-state index contributed by atoms with van der Waals surface area (Å²) < 4.78 is 8.02. The van der Waals surface area contributed by atoms with Gasteiger partial charge in [0, 0.05) is 56.3 Å². The van der Waals surface area contributed by atoms with Crippen LogP contribution in [0.2, 0.25) is 0 Å². The monoisotopic (exact) mass is 406 g/mol. The van der Waals surface area contributed by atoms with Gasteiger partial charge in [-0.2, -0.15) is 5.10 Å². The summed E-state index contributed by atoms with van der Waals surface area (Å²) in [6.07, 6.45) is 4.03. The van der Waals surface area contributed by atoms with Crippen LogP contribution in [-0.4, -0.2) is 59.3 Å². The molecule has 5 rings (SSSR count). The maximum atomic E-state index is 11.6. The molecule has 2 saturated heterocycles. The number of carbonyl (C=O) groups is 1. The molecular weight excluding hydrogens is 380 g/mol. The van der Waals surface area contributed by atoms with E-state index in [1.165, 1.54) is 5.69 Å². The average molecular weight is 406 g/mol. The fourth-order valence-corrected chi connectivity index (χ4v) is 4.12. The number of aromatic nitrogens is 3. The number of piperazine rings is 1. The van der Waals surface area contributed by atoms with E-state index < -0.39 is 0 Å². The van der Waals surface area contributed by atoms with Gasteiger partial charge in [-0.15, -0.1) is 0 Å². The topological polar surface area (TPSA) is 83.8 Å². The van der Waals surface area contributed by atoms with Crippen molar-refractivity contribution < 1.29 is 9.53 Å². The lowest BCUT2D eigenvalue weighted by atomic mass is 10.0. The van der Waals surface area contributed by atoms with Gasteiger partial charge < -0.3 is 20.3 Å². The molecule has 2 atom stereocenters. The van der Waals surface area contributed by atoms with Crippen LogP contribution < -0.4 is 20.3 Å². The number of nitrogens with one attached hydrogen (secondary N) is 2. The van der Waals surface area contributed by atoms with Crippen LogP contribution in [0.4, 0.5) is 5.69 Å². The van der Waals surface area contributed by atoms with Crippen LogP contribution in [0.5, 0.6) is 5.88 Å². The number of nitrogens with zero attached hydrogens (tertiary/aromatic N) is 4. The Morgan fingerprint density at radius 2 is 1.97 bits per heavy atom. The van der Waals surface area contributed by atoms with Crippen molar-refractivity contribution in [2.24, 2.45) is 5.92 Å². The summed E-state index contributed by atoms with van der Waals surface area (Å²) in [5, 5.41) is 10.6. The fraction of sp³-hybridized carbons (Fsp3) is 0.409. The van der Waals surface area contributed by atoms with Crippen molar-refractivity contribution in [2.45, 2.75) is 19.4 Å². The van der Waals surface area contributed by atoms with Crippen molar-refractivity contribution >= 4 is 17.1 Å². The zero-order valence-corrected chi connectivity index (χ0v) is 17.0. The van der Waals surface area contributed by atoms with Crippen molar-refractivity contribution in [3.05, 3.63) is 42.7 Å². The fourth-order valence-electron chi connectivity index (χ4n) is 4.12. The Balaban J connectivity index is 1.41. The highest BCUT2D eigenvalue weighted by molar-refractivity contribution is 5.78. The Kier molecular flexibility index (Phi) is 5.00. The highest BCUT2D eigenvalue weighted by Gasteiger charge is 2.28. The first kappa shape index (κ1) is 18.9. The van der Waals surface area contributed by atoms with Crippen LogP contribution in [-0.2, 0) is 4.79 Å². The third-order valence-corrected chi connectivity index (χ3v) is 5.97. The molecule has 1 aromatic carbocycles. The largest absolute Gasteiger partial charge is 0.473 e. The van der Waals surface area contributed by atoms with Crippen molar-refractivity contribution in [3.63, 3.8) is 0 Å². The summed E-state index contributed by atoms with van der Waals surface area (Å²) in [6.45, 7) is 6.70. The van der Waals surface area contributed by atoms with Crippen LogP contribution in [0.15, 0.2) is 42.7 Å². The third-order valence-electron chi connectivity index (χ3n) is 5.97. The molecule has 0 radical (unpaired) electrons. The zero-order chi connectivity index (χ0) is 20.5. The van der Waals surface area contributed by atoms with Crippen molar-refractivity contribution in [2.75, 3.05) is 37.6 Å². The molecule has 0 saturated carbocycles. The number of rotatable bonds is 5. The first-order valence-corrected chi connectivity index (χ1v) is 10.5. The Bertz CT molecular complexity index is 1040. The van der Waals surface area contributed by atoms with Gasteiger partial charge in [0.2, 0.25) is 11.8 Å². The second kappa shape index (κ2) is 7.95. The van der Waals surface area contributed by atoms with E-state index in [9.17, 15) is 4.79 Å². The minimum Gasteiger partial charge on any atom is -0.473 e. The Morgan fingerprint density at radius 1 is 1.17 bits per heavy atom. The SMILES string of the molecule is CC(Oc1nc(-c2ccc(N3CCNCC3)cc2)cn2nccc12)[C@H]1CNC(=O)C1. The second-order valence-electron chi connectivity index (χ2n) is 7.97. The molecule has 2 aliphatic heterocycles. The molecule has 1 unspecified atom stereocenters. The number of anilines is 1. The normalized spacial score (nSPS) is 20.4. The Labute approximate surface area is 175 Å². The van der Waals surface area contributed by atoms with E-state index in [0.29, 0.717) is 18.8 Å². The summed E-state index contributed by atoms with van der Waals surface area (Å²) >= 11 is 0. The van der Waals surface area contributed by atoms with E-state index in [4.69, 9.17) is 9.72 Å². The first-order chi connectivity index (χ1) is 14.7. The molecule has 2 aromatic heterocycles. The maximum absolute atomic E-state index is 11.6. The van der Waals surface area contributed by atoms with Gasteiger partial charge in [0.1, 0.15) is 11.6 Å². The molecule has 8 heteroatoms. The van der Waals surface area contributed by atoms with Crippen LogP contribution >= 0.6 is 0 Å². The minimum absolute atomic E-state index is 0.0798. The van der Waals surface area contributed by atoms with Crippen LogP contribution in [0.1, 0.15) is 13.3 Å². The summed E-state index contributed by atoms with van der Waals surface area (Å²) in [6, 6.07) is 10.4. The second-order valence-corrected chi connectivity index (χ2v) is 7.97. The number of ether oxygens (including phenoxy) is 1. The molecule has 2 fully saturated rings. The number of benzene rings is 1. The molecule has 0 spiro atoms. The number of amides is 1. The van der Waals surface area contributed by atoms with Gasteiger partial charge in [-0.25, -0.2) is 9.50 Å². The number of hydrogen-bond donors (Lipinski definition) is 2. The van der Waals surface area contributed by atoms with E-state index in [1.807, 2.05) is 19.2 Å². The predicted molar refractivity (Wildman–Crippen MR) is 115 cm³/mol. The number of hydrogen-bond acceptors (Lipinski definition) is 6. The average Bonchev–Trinajstić information content (AvgIpc) is 3.43. The van der Waals surface area contributed by atoms with Gasteiger partial charge in [-0.05, 0) is 25.1 Å². The van der Waals surface area contributed by atoms with E-state index in [0.717, 1.165) is 43.0 Å². The van der Waals surface area contributed by atoms with Crippen LogP contribution in [0.25, 0.3) is 16.8 Å². The van der Waals surface area contributed by atoms with E-state index in [-0.39, 0.29) is 17.9 Å². The Hall–Kier alpha value is -3.13. The van der Waals surface area contributed by atoms with Gasteiger partial charge in [0.25, 0.3) is 0 Å². The third kappa shape index (κ3) is 3.70. The molecule has 1 amide bonds. The highest BCUT2D eigenvalue weighted by Crippen LogP contribution is 2.28. The maximum Gasteiger partial charge on any atom is 0.240 e. The lowest BCUT2D eigenvalue weighted by Gasteiger charge is -2.29. The van der Waals surface area contributed by atoms with Gasteiger partial charge in [-0.3, -0.25) is 4.79 Å². The van der Waals surface area contributed by atoms with Crippen LogP contribution in [0, 0.1) is 5.92 Å². The van der Waals surface area contributed by atoms with E-state index >= 15 is 0 Å². The first-order valence-electron chi connectivity index (χ1n) is 10.5. The molecule has 156 valence electrons. The zero-order valence-electron chi connectivity index (χ0n) is 17.0. The van der Waals surface area contributed by atoms with Gasteiger partial charge >= 0.3 is 0 Å². The quantitative estimate of drug-likeness (QED) is 0.671. The van der Waals surface area contributed by atoms with Gasteiger partial charge in [0.15, 0.2) is 0 Å². The molecular formula is C22H26N6O2. The Morgan fingerprint density at radius 3 is 2.70 bits per heavy atom. The lowest BCUT2D eigenvalue weighted by Crippen LogP contribution is -2.43. The van der Waals surface area contributed by atoms with Crippen LogP contribution in [0.3, 0.4) is 0 Å². The van der Waals surface area contributed by atoms with Gasteiger partial charge in [0.05, 0.1) is 18.1 Å². The van der Waals surface area contributed by atoms with E-state index in [1.54, 1.807) is 10.7 Å². The summed E-state index contributed by atoms with van der Waals surface area (Å²) in [5.74, 6) is 0.767. The minimum atomic E-state index is -0.125.